The van der Waals surface area contributed by atoms with Crippen molar-refractivity contribution in [2.45, 2.75) is 25.9 Å². The summed E-state index contributed by atoms with van der Waals surface area (Å²) < 4.78 is 0. The third kappa shape index (κ3) is 3.91. The normalized spacial score (nSPS) is 10.1. The average Bonchev–Trinajstić information content (AvgIpc) is 2.19. The van der Waals surface area contributed by atoms with Crippen molar-refractivity contribution in [1.29, 1.82) is 0 Å². The molecule has 1 aromatic rings. The zero-order valence-corrected chi connectivity index (χ0v) is 10.2. The van der Waals surface area contributed by atoms with E-state index < -0.39 is 0 Å². The number of nitrogens with one attached hydrogen (secondary N) is 2. The second kappa shape index (κ2) is 6.44. The van der Waals surface area contributed by atoms with Gasteiger partial charge in [0, 0.05) is 13.1 Å². The fourth-order valence-corrected chi connectivity index (χ4v) is 1.58. The van der Waals surface area contributed by atoms with Crippen molar-refractivity contribution in [2.24, 2.45) is 0 Å². The number of rotatable bonds is 6. The molecule has 0 aliphatic rings. The molecule has 0 amide bonds. The summed E-state index contributed by atoms with van der Waals surface area (Å²) in [4.78, 5) is 12.8. The topological polar surface area (TPSA) is 62.7 Å². The molecule has 0 spiro atoms. The minimum Gasteiger partial charge on any atom is -0.354 e. The Kier molecular flexibility index (Phi) is 5.17. The quantitative estimate of drug-likeness (QED) is 0.723. The van der Waals surface area contributed by atoms with Crippen LogP contribution in [0.1, 0.15) is 20.8 Å². The van der Waals surface area contributed by atoms with E-state index in [1.54, 1.807) is 11.8 Å². The SMILES string of the molecule is CCNc1nc(NCC)nc(SCC)n1. The summed E-state index contributed by atoms with van der Waals surface area (Å²) in [5.74, 6) is 2.24. The number of anilines is 2. The van der Waals surface area contributed by atoms with E-state index in [1.165, 1.54) is 0 Å². The van der Waals surface area contributed by atoms with Gasteiger partial charge in [0.2, 0.25) is 11.9 Å². The van der Waals surface area contributed by atoms with Crippen LogP contribution in [0.25, 0.3) is 0 Å². The molecule has 1 aromatic heterocycles. The van der Waals surface area contributed by atoms with Gasteiger partial charge in [-0.05, 0) is 19.6 Å². The van der Waals surface area contributed by atoms with Gasteiger partial charge in [0.15, 0.2) is 5.16 Å². The Morgan fingerprint density at radius 1 is 0.933 bits per heavy atom. The average molecular weight is 227 g/mol. The summed E-state index contributed by atoms with van der Waals surface area (Å²) >= 11 is 1.61. The lowest BCUT2D eigenvalue weighted by Gasteiger charge is -2.07. The Balaban J connectivity index is 2.86. The lowest BCUT2D eigenvalue weighted by atomic mass is 10.7. The van der Waals surface area contributed by atoms with Gasteiger partial charge in [-0.2, -0.15) is 15.0 Å². The van der Waals surface area contributed by atoms with E-state index in [-0.39, 0.29) is 0 Å². The molecule has 0 atom stereocenters. The maximum atomic E-state index is 4.28. The fraction of sp³-hybridized carbons (Fsp3) is 0.667. The van der Waals surface area contributed by atoms with Gasteiger partial charge in [-0.25, -0.2) is 0 Å². The Bertz CT molecular complexity index is 245. The van der Waals surface area contributed by atoms with Crippen molar-refractivity contribution in [3.8, 4) is 0 Å². The lowest BCUT2D eigenvalue weighted by molar-refractivity contribution is 0.894. The van der Waals surface area contributed by atoms with Gasteiger partial charge in [-0.3, -0.25) is 0 Å². The molecule has 15 heavy (non-hydrogen) atoms. The number of nitrogens with zero attached hydrogens (tertiary/aromatic N) is 3. The summed E-state index contributed by atoms with van der Waals surface area (Å²) in [7, 11) is 0. The van der Waals surface area contributed by atoms with E-state index in [0.29, 0.717) is 11.9 Å². The van der Waals surface area contributed by atoms with E-state index in [9.17, 15) is 0 Å². The summed E-state index contributed by atoms with van der Waals surface area (Å²) in [5.41, 5.74) is 0. The first-order valence-corrected chi connectivity index (χ1v) is 6.15. The molecule has 0 saturated carbocycles. The second-order valence-electron chi connectivity index (χ2n) is 2.76. The number of thioether (sulfide) groups is 1. The van der Waals surface area contributed by atoms with Crippen LogP contribution in [-0.4, -0.2) is 33.8 Å². The molecule has 1 rings (SSSR count). The van der Waals surface area contributed by atoms with Crippen LogP contribution < -0.4 is 10.6 Å². The maximum absolute atomic E-state index is 4.28. The highest BCUT2D eigenvalue weighted by Crippen LogP contribution is 2.15. The third-order valence-corrected chi connectivity index (χ3v) is 2.29. The van der Waals surface area contributed by atoms with Gasteiger partial charge >= 0.3 is 0 Å². The van der Waals surface area contributed by atoms with E-state index in [0.717, 1.165) is 24.0 Å². The minimum atomic E-state index is 0.638. The highest BCUT2D eigenvalue weighted by molar-refractivity contribution is 7.99. The smallest absolute Gasteiger partial charge is 0.228 e. The monoisotopic (exact) mass is 227 g/mol. The molecular formula is C9H17N5S. The molecule has 5 nitrogen and oxygen atoms in total. The maximum Gasteiger partial charge on any atom is 0.228 e. The molecule has 6 heteroatoms. The van der Waals surface area contributed by atoms with Crippen molar-refractivity contribution in [2.75, 3.05) is 29.5 Å². The summed E-state index contributed by atoms with van der Waals surface area (Å²) in [6.07, 6.45) is 0. The zero-order chi connectivity index (χ0) is 11.1. The van der Waals surface area contributed by atoms with Gasteiger partial charge in [0.1, 0.15) is 0 Å². The van der Waals surface area contributed by atoms with Gasteiger partial charge < -0.3 is 10.6 Å². The number of aromatic nitrogens is 3. The van der Waals surface area contributed by atoms with Crippen LogP contribution in [0.3, 0.4) is 0 Å². The number of hydrogen-bond donors (Lipinski definition) is 2. The highest BCUT2D eigenvalue weighted by atomic mass is 32.2. The first kappa shape index (κ1) is 12.0. The molecular weight excluding hydrogens is 210 g/mol. The Hall–Kier alpha value is -1.04. The van der Waals surface area contributed by atoms with Gasteiger partial charge in [0.05, 0.1) is 0 Å². The molecule has 0 fully saturated rings. The van der Waals surface area contributed by atoms with Crippen molar-refractivity contribution in [3.63, 3.8) is 0 Å². The predicted molar refractivity (Wildman–Crippen MR) is 64.6 cm³/mol. The summed E-state index contributed by atoms with van der Waals surface area (Å²) in [5, 5.41) is 6.94. The van der Waals surface area contributed by atoms with E-state index in [4.69, 9.17) is 0 Å². The standard InChI is InChI=1S/C9H17N5S/c1-4-10-7-12-8(11-5-2)14-9(13-7)15-6-3/h4-6H2,1-3H3,(H2,10,11,12,13,14). The van der Waals surface area contributed by atoms with Crippen molar-refractivity contribution in [3.05, 3.63) is 0 Å². The van der Waals surface area contributed by atoms with Crippen LogP contribution in [0.5, 0.6) is 0 Å². The van der Waals surface area contributed by atoms with Crippen molar-refractivity contribution < 1.29 is 0 Å². The van der Waals surface area contributed by atoms with E-state index in [1.807, 2.05) is 13.8 Å². The zero-order valence-electron chi connectivity index (χ0n) is 9.37. The number of hydrogen-bond acceptors (Lipinski definition) is 6. The second-order valence-corrected chi connectivity index (χ2v) is 3.99. The van der Waals surface area contributed by atoms with Crippen LogP contribution in [0, 0.1) is 0 Å². The van der Waals surface area contributed by atoms with Gasteiger partial charge in [-0.15, -0.1) is 0 Å². The minimum absolute atomic E-state index is 0.638. The van der Waals surface area contributed by atoms with Crippen LogP contribution in [0.15, 0.2) is 5.16 Å². The van der Waals surface area contributed by atoms with Crippen LogP contribution in [0.4, 0.5) is 11.9 Å². The molecule has 2 N–H and O–H groups in total. The van der Waals surface area contributed by atoms with Crippen LogP contribution in [-0.2, 0) is 0 Å². The largest absolute Gasteiger partial charge is 0.354 e. The molecule has 0 aliphatic heterocycles. The van der Waals surface area contributed by atoms with Crippen LogP contribution in [0.2, 0.25) is 0 Å². The highest BCUT2D eigenvalue weighted by Gasteiger charge is 2.04. The molecule has 0 unspecified atom stereocenters. The van der Waals surface area contributed by atoms with Crippen molar-refractivity contribution in [1.82, 2.24) is 15.0 Å². The lowest BCUT2D eigenvalue weighted by Crippen LogP contribution is -2.09. The molecule has 1 heterocycles. The Labute approximate surface area is 94.5 Å². The van der Waals surface area contributed by atoms with Gasteiger partial charge in [0.25, 0.3) is 0 Å². The first-order valence-electron chi connectivity index (χ1n) is 5.16. The third-order valence-electron chi connectivity index (χ3n) is 1.56. The van der Waals surface area contributed by atoms with E-state index >= 15 is 0 Å². The van der Waals surface area contributed by atoms with Crippen LogP contribution >= 0.6 is 11.8 Å². The van der Waals surface area contributed by atoms with Crippen molar-refractivity contribution >= 4 is 23.7 Å². The Morgan fingerprint density at radius 3 is 1.87 bits per heavy atom. The first-order chi connectivity index (χ1) is 7.30. The summed E-state index contributed by atoms with van der Waals surface area (Å²) in [6.45, 7) is 7.73. The molecule has 0 aliphatic carbocycles. The molecule has 0 aromatic carbocycles. The molecule has 84 valence electrons. The van der Waals surface area contributed by atoms with E-state index in [2.05, 4.69) is 32.5 Å². The molecule has 0 radical (unpaired) electrons. The molecule has 0 bridgehead atoms. The van der Waals surface area contributed by atoms with Gasteiger partial charge in [-0.1, -0.05) is 18.7 Å². The summed E-state index contributed by atoms with van der Waals surface area (Å²) in [6, 6.07) is 0. The fourth-order valence-electron chi connectivity index (χ4n) is 1.02. The predicted octanol–water partition coefficient (Wildman–Crippen LogP) is 1.85. The molecule has 0 saturated heterocycles. The Morgan fingerprint density at radius 2 is 1.47 bits per heavy atom.